The zero-order valence-electron chi connectivity index (χ0n) is 9.90. The maximum absolute atomic E-state index is 11.9. The molecule has 0 fully saturated rings. The van der Waals surface area contributed by atoms with Gasteiger partial charge >= 0.3 is 5.97 Å². The first kappa shape index (κ1) is 13.7. The van der Waals surface area contributed by atoms with Crippen molar-refractivity contribution in [2.24, 2.45) is 0 Å². The van der Waals surface area contributed by atoms with Gasteiger partial charge in [0.1, 0.15) is 6.61 Å². The fourth-order valence-electron chi connectivity index (χ4n) is 1.56. The van der Waals surface area contributed by atoms with E-state index < -0.39 is 5.97 Å². The van der Waals surface area contributed by atoms with Gasteiger partial charge in [-0.25, -0.2) is 4.79 Å². The monoisotopic (exact) mass is 295 g/mol. The van der Waals surface area contributed by atoms with Crippen LogP contribution in [0.4, 0.5) is 5.69 Å². The predicted molar refractivity (Wildman–Crippen MR) is 76.4 cm³/mol. The number of hydrogen-bond donors (Lipinski definition) is 1. The van der Waals surface area contributed by atoms with E-state index in [2.05, 4.69) is 0 Å². The molecule has 0 saturated heterocycles. The highest BCUT2D eigenvalue weighted by molar-refractivity contribution is 6.31. The van der Waals surface area contributed by atoms with E-state index in [1.54, 1.807) is 30.3 Å². The van der Waals surface area contributed by atoms with Gasteiger partial charge in [0.25, 0.3) is 0 Å². The van der Waals surface area contributed by atoms with Crippen molar-refractivity contribution in [3.05, 3.63) is 63.6 Å². The van der Waals surface area contributed by atoms with Crippen LogP contribution in [0.25, 0.3) is 0 Å². The average molecular weight is 296 g/mol. The number of anilines is 1. The summed E-state index contributed by atoms with van der Waals surface area (Å²) >= 11 is 11.7. The van der Waals surface area contributed by atoms with Gasteiger partial charge in [0.15, 0.2) is 0 Å². The minimum atomic E-state index is -0.514. The lowest BCUT2D eigenvalue weighted by Crippen LogP contribution is -2.08. The summed E-state index contributed by atoms with van der Waals surface area (Å²) in [5, 5.41) is 1.03. The molecule has 5 heteroatoms. The Hall–Kier alpha value is -1.71. The van der Waals surface area contributed by atoms with Gasteiger partial charge in [-0.15, -0.1) is 0 Å². The minimum absolute atomic E-state index is 0.130. The molecule has 3 nitrogen and oxygen atoms in total. The topological polar surface area (TPSA) is 52.3 Å². The van der Waals surface area contributed by atoms with Crippen molar-refractivity contribution in [3.63, 3.8) is 0 Å². The van der Waals surface area contributed by atoms with Crippen LogP contribution >= 0.6 is 23.2 Å². The second kappa shape index (κ2) is 5.95. The van der Waals surface area contributed by atoms with Crippen LogP contribution in [0.15, 0.2) is 42.5 Å². The molecule has 0 atom stereocenters. The number of nitrogen functional groups attached to an aromatic ring is 1. The van der Waals surface area contributed by atoms with Crippen molar-refractivity contribution in [2.45, 2.75) is 6.61 Å². The summed E-state index contributed by atoms with van der Waals surface area (Å²) < 4.78 is 5.17. The molecule has 19 heavy (non-hydrogen) atoms. The Bertz CT molecular complexity index is 614. The van der Waals surface area contributed by atoms with Crippen molar-refractivity contribution in [3.8, 4) is 0 Å². The summed E-state index contributed by atoms with van der Waals surface area (Å²) in [5.41, 5.74) is 7.10. The van der Waals surface area contributed by atoms with E-state index in [0.29, 0.717) is 15.7 Å². The van der Waals surface area contributed by atoms with E-state index in [9.17, 15) is 4.79 Å². The third kappa shape index (κ3) is 3.63. The Morgan fingerprint density at radius 2 is 1.84 bits per heavy atom. The van der Waals surface area contributed by atoms with E-state index in [1.165, 1.54) is 6.07 Å². The molecule has 2 N–H and O–H groups in total. The lowest BCUT2D eigenvalue weighted by atomic mass is 10.2. The first-order valence-corrected chi connectivity index (χ1v) is 6.28. The molecule has 0 radical (unpaired) electrons. The predicted octanol–water partition coefficient (Wildman–Crippen LogP) is 3.93. The Morgan fingerprint density at radius 3 is 2.58 bits per heavy atom. The minimum Gasteiger partial charge on any atom is -0.457 e. The summed E-state index contributed by atoms with van der Waals surface area (Å²) in [6.45, 7) is 0.130. The quantitative estimate of drug-likeness (QED) is 0.689. The van der Waals surface area contributed by atoms with Crippen molar-refractivity contribution in [2.75, 3.05) is 5.73 Å². The zero-order chi connectivity index (χ0) is 13.8. The zero-order valence-corrected chi connectivity index (χ0v) is 11.4. The van der Waals surface area contributed by atoms with Crippen LogP contribution in [0.2, 0.25) is 10.0 Å². The van der Waals surface area contributed by atoms with Crippen LogP contribution in [0.1, 0.15) is 15.9 Å². The molecule has 0 spiro atoms. The Balaban J connectivity index is 2.07. The number of ether oxygens (including phenoxy) is 1. The van der Waals surface area contributed by atoms with Gasteiger partial charge in [0.2, 0.25) is 0 Å². The van der Waals surface area contributed by atoms with E-state index >= 15 is 0 Å². The molecule has 0 unspecified atom stereocenters. The SMILES string of the molecule is Nc1ccc(Cl)cc1C(=O)OCc1cccc(Cl)c1. The maximum atomic E-state index is 11.9. The lowest BCUT2D eigenvalue weighted by molar-refractivity contribution is 0.0474. The highest BCUT2D eigenvalue weighted by Crippen LogP contribution is 2.19. The molecule has 0 aliphatic heterocycles. The van der Waals surface area contributed by atoms with Crippen molar-refractivity contribution >= 4 is 34.9 Å². The Labute approximate surface area is 120 Å². The largest absolute Gasteiger partial charge is 0.457 e. The summed E-state index contributed by atoms with van der Waals surface area (Å²) in [7, 11) is 0. The molecule has 0 bridgehead atoms. The lowest BCUT2D eigenvalue weighted by Gasteiger charge is -2.07. The fraction of sp³-hybridized carbons (Fsp3) is 0.0714. The first-order valence-electron chi connectivity index (χ1n) is 5.53. The second-order valence-corrected chi connectivity index (χ2v) is 4.81. The molecule has 2 aromatic rings. The number of halogens is 2. The molecule has 98 valence electrons. The first-order chi connectivity index (χ1) is 9.06. The fourth-order valence-corrected chi connectivity index (χ4v) is 1.94. The van der Waals surface area contributed by atoms with Crippen LogP contribution in [-0.2, 0) is 11.3 Å². The van der Waals surface area contributed by atoms with Crippen molar-refractivity contribution in [1.29, 1.82) is 0 Å². The molecular formula is C14H11Cl2NO2. The standard InChI is InChI=1S/C14H11Cl2NO2/c15-10-3-1-2-9(6-10)8-19-14(18)12-7-11(16)4-5-13(12)17/h1-7H,8,17H2. The Kier molecular flexibility index (Phi) is 4.30. The number of esters is 1. The number of carbonyl (C=O) groups excluding carboxylic acids is 1. The van der Waals surface area contributed by atoms with E-state index in [4.69, 9.17) is 33.7 Å². The average Bonchev–Trinajstić information content (AvgIpc) is 2.39. The number of rotatable bonds is 3. The third-order valence-electron chi connectivity index (χ3n) is 2.49. The molecule has 0 aromatic heterocycles. The second-order valence-electron chi connectivity index (χ2n) is 3.94. The van der Waals surface area contributed by atoms with Crippen LogP contribution in [0.3, 0.4) is 0 Å². The summed E-state index contributed by atoms with van der Waals surface area (Å²) in [5.74, 6) is -0.514. The van der Waals surface area contributed by atoms with Crippen LogP contribution < -0.4 is 5.73 Å². The molecule has 2 rings (SSSR count). The van der Waals surface area contributed by atoms with Crippen LogP contribution in [0, 0.1) is 0 Å². The van der Waals surface area contributed by atoms with Crippen molar-refractivity contribution in [1.82, 2.24) is 0 Å². The molecular weight excluding hydrogens is 285 g/mol. The van der Waals surface area contributed by atoms with Gasteiger partial charge in [-0.1, -0.05) is 35.3 Å². The molecule has 0 aliphatic carbocycles. The molecule has 2 aromatic carbocycles. The molecule has 0 amide bonds. The number of hydrogen-bond acceptors (Lipinski definition) is 3. The molecule has 0 aliphatic rings. The highest BCUT2D eigenvalue weighted by atomic mass is 35.5. The van der Waals surface area contributed by atoms with Crippen molar-refractivity contribution < 1.29 is 9.53 Å². The number of nitrogens with two attached hydrogens (primary N) is 1. The summed E-state index contributed by atoms with van der Waals surface area (Å²) in [4.78, 5) is 11.9. The van der Waals surface area contributed by atoms with Gasteiger partial charge in [0, 0.05) is 15.7 Å². The van der Waals surface area contributed by atoms with Gasteiger partial charge in [-0.3, -0.25) is 0 Å². The number of benzene rings is 2. The molecule has 0 heterocycles. The molecule has 0 saturated carbocycles. The van der Waals surface area contributed by atoms with Crippen LogP contribution in [-0.4, -0.2) is 5.97 Å². The van der Waals surface area contributed by atoms with E-state index in [0.717, 1.165) is 5.56 Å². The highest BCUT2D eigenvalue weighted by Gasteiger charge is 2.12. The summed E-state index contributed by atoms with van der Waals surface area (Å²) in [6, 6.07) is 11.8. The van der Waals surface area contributed by atoms with Gasteiger partial charge in [-0.2, -0.15) is 0 Å². The van der Waals surface area contributed by atoms with E-state index in [-0.39, 0.29) is 12.2 Å². The maximum Gasteiger partial charge on any atom is 0.340 e. The Morgan fingerprint density at radius 1 is 1.11 bits per heavy atom. The normalized spacial score (nSPS) is 10.2. The van der Waals surface area contributed by atoms with E-state index in [1.807, 2.05) is 6.07 Å². The smallest absolute Gasteiger partial charge is 0.340 e. The van der Waals surface area contributed by atoms with Gasteiger partial charge in [-0.05, 0) is 35.9 Å². The van der Waals surface area contributed by atoms with Gasteiger partial charge < -0.3 is 10.5 Å². The van der Waals surface area contributed by atoms with Crippen LogP contribution in [0.5, 0.6) is 0 Å². The summed E-state index contributed by atoms with van der Waals surface area (Å²) in [6.07, 6.45) is 0. The third-order valence-corrected chi connectivity index (χ3v) is 2.96. The van der Waals surface area contributed by atoms with Gasteiger partial charge in [0.05, 0.1) is 5.56 Å². The number of carbonyl (C=O) groups is 1.